The number of benzene rings is 2. The van der Waals surface area contributed by atoms with Crippen LogP contribution >= 0.6 is 0 Å². The summed E-state index contributed by atoms with van der Waals surface area (Å²) in [5.74, 6) is -0.549. The quantitative estimate of drug-likeness (QED) is 0.557. The zero-order valence-corrected chi connectivity index (χ0v) is 17.4. The van der Waals surface area contributed by atoms with Crippen LogP contribution in [0.25, 0.3) is 0 Å². The van der Waals surface area contributed by atoms with Gasteiger partial charge >= 0.3 is 12.0 Å². The molecule has 1 aliphatic carbocycles. The van der Waals surface area contributed by atoms with E-state index in [1.807, 2.05) is 0 Å². The molecule has 3 N–H and O–H groups in total. The number of nitrogens with one attached hydrogen (secondary N) is 2. The fourth-order valence-electron chi connectivity index (χ4n) is 3.00. The number of phenols is 1. The van der Waals surface area contributed by atoms with Crippen molar-refractivity contribution in [1.82, 2.24) is 10.2 Å². The van der Waals surface area contributed by atoms with Crippen LogP contribution in [0.2, 0.25) is 0 Å². The molecule has 1 aliphatic rings. The van der Waals surface area contributed by atoms with Gasteiger partial charge in [0.15, 0.2) is 11.5 Å². The zero-order chi connectivity index (χ0) is 22.4. The fraction of sp³-hybridized carbons (Fsp3) is 0.318. The van der Waals surface area contributed by atoms with Gasteiger partial charge in [0.2, 0.25) is 0 Å². The van der Waals surface area contributed by atoms with Gasteiger partial charge in [-0.1, -0.05) is 6.07 Å². The van der Waals surface area contributed by atoms with E-state index in [-0.39, 0.29) is 24.4 Å². The second-order valence-corrected chi connectivity index (χ2v) is 7.13. The first-order valence-corrected chi connectivity index (χ1v) is 9.80. The Kier molecular flexibility index (Phi) is 6.96. The minimum Gasteiger partial charge on any atom is -0.504 e. The maximum atomic E-state index is 12.9. The lowest BCUT2D eigenvalue weighted by Crippen LogP contribution is -2.36. The average Bonchev–Trinajstić information content (AvgIpc) is 3.62. The highest BCUT2D eigenvalue weighted by atomic mass is 16.5. The number of methoxy groups -OCH3 is 2. The smallest absolute Gasteiger partial charge is 0.325 e. The third kappa shape index (κ3) is 5.88. The second-order valence-electron chi connectivity index (χ2n) is 7.13. The number of anilines is 1. The summed E-state index contributed by atoms with van der Waals surface area (Å²) in [4.78, 5) is 37.8. The van der Waals surface area contributed by atoms with Crippen molar-refractivity contribution < 1.29 is 29.0 Å². The lowest BCUT2D eigenvalue weighted by atomic mass is 10.2. The molecule has 2 aromatic rings. The van der Waals surface area contributed by atoms with Gasteiger partial charge in [0.1, 0.15) is 6.54 Å². The molecule has 0 unspecified atom stereocenters. The highest BCUT2D eigenvalue weighted by molar-refractivity contribution is 5.97. The Hall–Kier alpha value is -3.75. The number of esters is 1. The molecule has 3 amide bonds. The van der Waals surface area contributed by atoms with Crippen molar-refractivity contribution in [2.24, 2.45) is 0 Å². The minimum absolute atomic E-state index is 0.0457. The molecule has 0 radical (unpaired) electrons. The highest BCUT2D eigenvalue weighted by Crippen LogP contribution is 2.31. The maximum Gasteiger partial charge on any atom is 0.325 e. The molecule has 9 heteroatoms. The van der Waals surface area contributed by atoms with Crippen LogP contribution in [-0.2, 0) is 16.1 Å². The summed E-state index contributed by atoms with van der Waals surface area (Å²) >= 11 is 0. The first-order chi connectivity index (χ1) is 14.9. The lowest BCUT2D eigenvalue weighted by molar-refractivity contribution is -0.139. The number of hydrogen-bond acceptors (Lipinski definition) is 6. The Labute approximate surface area is 179 Å². The minimum atomic E-state index is -0.538. The van der Waals surface area contributed by atoms with Crippen molar-refractivity contribution in [1.29, 1.82) is 0 Å². The van der Waals surface area contributed by atoms with Crippen LogP contribution in [0.3, 0.4) is 0 Å². The molecule has 0 bridgehead atoms. The van der Waals surface area contributed by atoms with Crippen molar-refractivity contribution >= 4 is 23.6 Å². The first kappa shape index (κ1) is 21.9. The average molecular weight is 427 g/mol. The number of carbonyl (C=O) groups excluding carboxylic acids is 3. The predicted molar refractivity (Wildman–Crippen MR) is 113 cm³/mol. The lowest BCUT2D eigenvalue weighted by Gasteiger charge is -2.23. The summed E-state index contributed by atoms with van der Waals surface area (Å²) in [5, 5.41) is 15.1. The maximum absolute atomic E-state index is 12.9. The van der Waals surface area contributed by atoms with Crippen molar-refractivity contribution in [3.05, 3.63) is 53.6 Å². The van der Waals surface area contributed by atoms with E-state index in [1.54, 1.807) is 47.4 Å². The number of phenolic OH excluding ortho intramolecular Hbond substituents is 1. The van der Waals surface area contributed by atoms with Gasteiger partial charge in [-0.3, -0.25) is 9.59 Å². The van der Waals surface area contributed by atoms with Crippen LogP contribution in [0, 0.1) is 0 Å². The van der Waals surface area contributed by atoms with E-state index in [1.165, 1.54) is 14.2 Å². The normalized spacial score (nSPS) is 12.6. The van der Waals surface area contributed by atoms with E-state index in [4.69, 9.17) is 4.74 Å². The van der Waals surface area contributed by atoms with E-state index in [2.05, 4.69) is 15.4 Å². The number of nitrogens with zero attached hydrogens (tertiary/aromatic N) is 1. The molecule has 31 heavy (non-hydrogen) atoms. The second kappa shape index (κ2) is 9.84. The summed E-state index contributed by atoms with van der Waals surface area (Å²) in [6.45, 7) is 0.160. The van der Waals surface area contributed by atoms with Gasteiger partial charge in [-0.2, -0.15) is 0 Å². The molecule has 0 atom stereocenters. The highest BCUT2D eigenvalue weighted by Gasteiger charge is 2.32. The van der Waals surface area contributed by atoms with E-state index < -0.39 is 11.9 Å². The Balaban J connectivity index is 1.62. The van der Waals surface area contributed by atoms with Gasteiger partial charge < -0.3 is 30.1 Å². The Morgan fingerprint density at radius 2 is 1.81 bits per heavy atom. The van der Waals surface area contributed by atoms with Crippen LogP contribution < -0.4 is 15.4 Å². The molecule has 0 heterocycles. The number of urea groups is 1. The number of rotatable bonds is 8. The Morgan fingerprint density at radius 3 is 2.42 bits per heavy atom. The van der Waals surface area contributed by atoms with Crippen LogP contribution in [-0.4, -0.2) is 54.7 Å². The molecule has 1 fully saturated rings. The van der Waals surface area contributed by atoms with Crippen molar-refractivity contribution in [3.8, 4) is 11.5 Å². The number of amides is 3. The summed E-state index contributed by atoms with van der Waals surface area (Å²) in [6, 6.07) is 11.3. The Morgan fingerprint density at radius 1 is 1.10 bits per heavy atom. The third-order valence-corrected chi connectivity index (χ3v) is 4.86. The number of hydrogen-bond donors (Lipinski definition) is 3. The molecule has 9 nitrogen and oxygen atoms in total. The van der Waals surface area contributed by atoms with Crippen LogP contribution in [0.4, 0.5) is 10.5 Å². The van der Waals surface area contributed by atoms with Crippen LogP contribution in [0.15, 0.2) is 42.5 Å². The van der Waals surface area contributed by atoms with Crippen molar-refractivity contribution in [3.63, 3.8) is 0 Å². The van der Waals surface area contributed by atoms with Crippen molar-refractivity contribution in [2.45, 2.75) is 25.4 Å². The summed E-state index contributed by atoms with van der Waals surface area (Å²) in [6.07, 6.45) is 1.86. The molecular weight excluding hydrogens is 402 g/mol. The van der Waals surface area contributed by atoms with Gasteiger partial charge in [0, 0.05) is 23.8 Å². The van der Waals surface area contributed by atoms with Gasteiger partial charge in [0.05, 0.1) is 14.2 Å². The summed E-state index contributed by atoms with van der Waals surface area (Å²) in [7, 11) is 2.72. The van der Waals surface area contributed by atoms with E-state index in [0.717, 1.165) is 18.4 Å². The van der Waals surface area contributed by atoms with E-state index in [0.29, 0.717) is 23.5 Å². The molecule has 2 aromatic carbocycles. The molecular formula is C22H25N3O6. The molecule has 0 aromatic heterocycles. The van der Waals surface area contributed by atoms with Gasteiger partial charge in [-0.05, 0) is 54.8 Å². The SMILES string of the molecule is COC(=O)CNC(=O)c1ccc(NC(=O)N(Cc2ccc(O)c(OC)c2)C2CC2)cc1. The molecule has 0 saturated heterocycles. The van der Waals surface area contributed by atoms with Gasteiger partial charge in [-0.15, -0.1) is 0 Å². The predicted octanol–water partition coefficient (Wildman–Crippen LogP) is 2.50. The number of carbonyl (C=O) groups is 3. The first-order valence-electron chi connectivity index (χ1n) is 9.80. The van der Waals surface area contributed by atoms with E-state index >= 15 is 0 Å². The van der Waals surface area contributed by atoms with Crippen LogP contribution in [0.5, 0.6) is 11.5 Å². The third-order valence-electron chi connectivity index (χ3n) is 4.86. The monoisotopic (exact) mass is 427 g/mol. The fourth-order valence-corrected chi connectivity index (χ4v) is 3.00. The molecule has 0 spiro atoms. The molecule has 1 saturated carbocycles. The molecule has 164 valence electrons. The largest absolute Gasteiger partial charge is 0.504 e. The van der Waals surface area contributed by atoms with Gasteiger partial charge in [0.25, 0.3) is 5.91 Å². The van der Waals surface area contributed by atoms with E-state index in [9.17, 15) is 19.5 Å². The Bertz CT molecular complexity index is 956. The molecule has 3 rings (SSSR count). The van der Waals surface area contributed by atoms with Gasteiger partial charge in [-0.25, -0.2) is 4.79 Å². The van der Waals surface area contributed by atoms with Crippen molar-refractivity contribution in [2.75, 3.05) is 26.1 Å². The molecule has 0 aliphatic heterocycles. The topological polar surface area (TPSA) is 117 Å². The summed E-state index contributed by atoms with van der Waals surface area (Å²) < 4.78 is 9.62. The van der Waals surface area contributed by atoms with Crippen LogP contribution in [0.1, 0.15) is 28.8 Å². The summed E-state index contributed by atoms with van der Waals surface area (Å²) in [5.41, 5.74) is 1.75. The zero-order valence-electron chi connectivity index (χ0n) is 17.4. The number of ether oxygens (including phenoxy) is 2. The standard InChI is InChI=1S/C22H25N3O6/c1-30-19-11-14(3-10-18(19)26)13-25(17-8-9-17)22(29)24-16-6-4-15(5-7-16)21(28)23-12-20(27)31-2/h3-7,10-11,17,26H,8-9,12-13H2,1-2H3,(H,23,28)(H,24,29). The number of aromatic hydroxyl groups is 1.